The van der Waals surface area contributed by atoms with Crippen LogP contribution in [0.2, 0.25) is 10.0 Å². The number of anilines is 2. The number of carbonyl (C=O) groups is 2. The fourth-order valence-corrected chi connectivity index (χ4v) is 3.91. The molecule has 178 valence electrons. The molecule has 7 nitrogen and oxygen atoms in total. The first-order chi connectivity index (χ1) is 16.8. The summed E-state index contributed by atoms with van der Waals surface area (Å²) in [6, 6.07) is 18.5. The monoisotopic (exact) mass is 621 g/mol. The number of nitriles is 1. The minimum Gasteiger partial charge on any atom is -0.493 e. The van der Waals surface area contributed by atoms with E-state index in [1.165, 1.54) is 13.2 Å². The Balaban J connectivity index is 1.72. The highest BCUT2D eigenvalue weighted by molar-refractivity contribution is 14.1. The molecular weight excluding hydrogens is 604 g/mol. The van der Waals surface area contributed by atoms with Crippen LogP contribution in [0.3, 0.4) is 0 Å². The molecule has 3 rings (SSSR count). The van der Waals surface area contributed by atoms with Gasteiger partial charge in [-0.05, 0) is 94.9 Å². The van der Waals surface area contributed by atoms with Crippen LogP contribution in [0.1, 0.15) is 5.56 Å². The van der Waals surface area contributed by atoms with Crippen molar-refractivity contribution in [1.82, 2.24) is 0 Å². The van der Waals surface area contributed by atoms with Gasteiger partial charge in [-0.3, -0.25) is 9.59 Å². The minimum atomic E-state index is -0.567. The van der Waals surface area contributed by atoms with E-state index in [9.17, 15) is 14.9 Å². The average molecular weight is 622 g/mol. The second-order valence-electron chi connectivity index (χ2n) is 7.01. The smallest absolute Gasteiger partial charge is 0.266 e. The highest BCUT2D eigenvalue weighted by Crippen LogP contribution is 2.34. The summed E-state index contributed by atoms with van der Waals surface area (Å²) in [5.74, 6) is -0.221. The molecular formula is C25H18Cl2IN3O4. The summed E-state index contributed by atoms with van der Waals surface area (Å²) in [6.07, 6.45) is 1.44. The minimum absolute atomic E-state index is 0.103. The number of carbonyl (C=O) groups excluding carboxylic acids is 2. The number of halogens is 3. The molecule has 0 unspecified atom stereocenters. The van der Waals surface area contributed by atoms with Crippen LogP contribution < -0.4 is 20.1 Å². The van der Waals surface area contributed by atoms with Gasteiger partial charge in [-0.1, -0.05) is 23.2 Å². The molecule has 0 saturated carbocycles. The second kappa shape index (κ2) is 12.4. The van der Waals surface area contributed by atoms with E-state index in [1.54, 1.807) is 60.7 Å². The molecule has 0 bridgehead atoms. The maximum Gasteiger partial charge on any atom is 0.266 e. The van der Waals surface area contributed by atoms with E-state index in [-0.39, 0.29) is 18.1 Å². The van der Waals surface area contributed by atoms with Crippen molar-refractivity contribution in [2.75, 3.05) is 24.4 Å². The molecule has 2 N–H and O–H groups in total. The zero-order valence-corrected chi connectivity index (χ0v) is 21.9. The first-order valence-corrected chi connectivity index (χ1v) is 11.9. The van der Waals surface area contributed by atoms with Crippen LogP contribution in [-0.2, 0) is 9.59 Å². The summed E-state index contributed by atoms with van der Waals surface area (Å²) in [6.45, 7) is -0.253. The quantitative estimate of drug-likeness (QED) is 0.178. The Hall–Kier alpha value is -3.26. The molecule has 10 heteroatoms. The standard InChI is InChI=1S/C25H18Cl2IN3O4/c1-34-22-12-15(10-16(13-29)25(33)31-20-8-4-18(27)5-9-20)11-21(28)24(22)35-14-23(32)30-19-6-2-17(26)3-7-19/h2-12H,14H2,1H3,(H,30,32)(H,31,33)/b16-10+. The zero-order chi connectivity index (χ0) is 25.4. The molecule has 0 fully saturated rings. The van der Waals surface area contributed by atoms with Gasteiger partial charge in [0, 0.05) is 21.4 Å². The van der Waals surface area contributed by atoms with Crippen molar-refractivity contribution < 1.29 is 19.1 Å². The molecule has 0 aliphatic heterocycles. The molecule has 0 aromatic heterocycles. The van der Waals surface area contributed by atoms with Crippen LogP contribution in [0.4, 0.5) is 11.4 Å². The molecule has 0 spiro atoms. The van der Waals surface area contributed by atoms with E-state index in [0.717, 1.165) is 0 Å². The van der Waals surface area contributed by atoms with E-state index in [1.807, 2.05) is 28.7 Å². The second-order valence-corrected chi connectivity index (χ2v) is 9.04. The fraction of sp³-hybridized carbons (Fsp3) is 0.0800. The Labute approximate surface area is 225 Å². The Morgan fingerprint density at radius 1 is 1.00 bits per heavy atom. The van der Waals surface area contributed by atoms with Crippen LogP contribution in [0, 0.1) is 14.9 Å². The Kier molecular flexibility index (Phi) is 9.37. The maximum absolute atomic E-state index is 12.5. The van der Waals surface area contributed by atoms with Gasteiger partial charge in [0.25, 0.3) is 11.8 Å². The summed E-state index contributed by atoms with van der Waals surface area (Å²) in [5.41, 5.74) is 1.54. The van der Waals surface area contributed by atoms with Gasteiger partial charge in [-0.2, -0.15) is 5.26 Å². The van der Waals surface area contributed by atoms with E-state index >= 15 is 0 Å². The summed E-state index contributed by atoms with van der Waals surface area (Å²) >= 11 is 13.7. The number of benzene rings is 3. The van der Waals surface area contributed by atoms with Crippen molar-refractivity contribution >= 4 is 75.1 Å². The van der Waals surface area contributed by atoms with Crippen LogP contribution in [-0.4, -0.2) is 25.5 Å². The van der Waals surface area contributed by atoms with Gasteiger partial charge in [-0.15, -0.1) is 0 Å². The third kappa shape index (κ3) is 7.62. The van der Waals surface area contributed by atoms with Gasteiger partial charge in [0.2, 0.25) is 0 Å². The summed E-state index contributed by atoms with van der Waals surface area (Å²) in [5, 5.41) is 16.0. The topological polar surface area (TPSA) is 100 Å². The van der Waals surface area contributed by atoms with Crippen molar-refractivity contribution in [2.45, 2.75) is 0 Å². The van der Waals surface area contributed by atoms with Crippen LogP contribution in [0.25, 0.3) is 6.08 Å². The predicted octanol–water partition coefficient (Wildman–Crippen LogP) is 6.17. The molecule has 0 saturated heterocycles. The number of hydrogen-bond acceptors (Lipinski definition) is 5. The Morgan fingerprint density at radius 3 is 2.11 bits per heavy atom. The van der Waals surface area contributed by atoms with E-state index in [0.29, 0.717) is 42.1 Å². The molecule has 0 atom stereocenters. The van der Waals surface area contributed by atoms with Gasteiger partial charge in [0.05, 0.1) is 10.7 Å². The lowest BCUT2D eigenvalue weighted by Gasteiger charge is -2.14. The number of ether oxygens (including phenoxy) is 2. The van der Waals surface area contributed by atoms with Crippen LogP contribution in [0.15, 0.2) is 66.2 Å². The van der Waals surface area contributed by atoms with Crippen LogP contribution >= 0.6 is 45.8 Å². The molecule has 0 radical (unpaired) electrons. The van der Waals surface area contributed by atoms with Crippen molar-refractivity contribution in [3.8, 4) is 17.6 Å². The number of rotatable bonds is 8. The molecule has 0 heterocycles. The number of nitrogens with one attached hydrogen (secondary N) is 2. The van der Waals surface area contributed by atoms with Gasteiger partial charge in [0.15, 0.2) is 18.1 Å². The third-order valence-electron chi connectivity index (χ3n) is 4.51. The zero-order valence-electron chi connectivity index (χ0n) is 18.3. The van der Waals surface area contributed by atoms with Crippen molar-refractivity contribution in [1.29, 1.82) is 5.26 Å². The lowest BCUT2D eigenvalue weighted by molar-refractivity contribution is -0.118. The number of nitrogens with zero attached hydrogens (tertiary/aromatic N) is 1. The van der Waals surface area contributed by atoms with Crippen molar-refractivity contribution in [3.63, 3.8) is 0 Å². The summed E-state index contributed by atoms with van der Waals surface area (Å²) < 4.78 is 11.7. The molecule has 0 aliphatic carbocycles. The van der Waals surface area contributed by atoms with Crippen molar-refractivity contribution in [2.24, 2.45) is 0 Å². The van der Waals surface area contributed by atoms with E-state index in [4.69, 9.17) is 32.7 Å². The molecule has 0 aliphatic rings. The average Bonchev–Trinajstić information content (AvgIpc) is 2.84. The number of methoxy groups -OCH3 is 1. The lowest BCUT2D eigenvalue weighted by Crippen LogP contribution is -2.20. The highest BCUT2D eigenvalue weighted by Gasteiger charge is 2.15. The predicted molar refractivity (Wildman–Crippen MR) is 145 cm³/mol. The first kappa shape index (κ1) is 26.3. The molecule has 3 aromatic rings. The normalized spacial score (nSPS) is 10.8. The summed E-state index contributed by atoms with van der Waals surface area (Å²) in [4.78, 5) is 24.8. The summed E-state index contributed by atoms with van der Waals surface area (Å²) in [7, 11) is 1.46. The fourth-order valence-electron chi connectivity index (χ4n) is 2.88. The van der Waals surface area contributed by atoms with Gasteiger partial charge in [-0.25, -0.2) is 0 Å². The largest absolute Gasteiger partial charge is 0.493 e. The maximum atomic E-state index is 12.5. The van der Waals surface area contributed by atoms with E-state index < -0.39 is 5.91 Å². The highest BCUT2D eigenvalue weighted by atomic mass is 127. The van der Waals surface area contributed by atoms with E-state index in [2.05, 4.69) is 10.6 Å². The van der Waals surface area contributed by atoms with Gasteiger partial charge in [0.1, 0.15) is 11.6 Å². The molecule has 3 aromatic carbocycles. The first-order valence-electron chi connectivity index (χ1n) is 10.0. The Morgan fingerprint density at radius 2 is 1.57 bits per heavy atom. The van der Waals surface area contributed by atoms with Gasteiger partial charge < -0.3 is 20.1 Å². The lowest BCUT2D eigenvalue weighted by atomic mass is 10.1. The molecule has 2 amide bonds. The van der Waals surface area contributed by atoms with Gasteiger partial charge >= 0.3 is 0 Å². The third-order valence-corrected chi connectivity index (χ3v) is 5.81. The molecule has 35 heavy (non-hydrogen) atoms. The SMILES string of the molecule is COc1cc(/C=C(\C#N)C(=O)Nc2ccc(Cl)cc2)cc(I)c1OCC(=O)Nc1ccc(Cl)cc1. The number of amides is 2. The number of hydrogen-bond donors (Lipinski definition) is 2. The van der Waals surface area contributed by atoms with Crippen LogP contribution in [0.5, 0.6) is 11.5 Å². The Bertz CT molecular complexity index is 1300. The van der Waals surface area contributed by atoms with Crippen molar-refractivity contribution in [3.05, 3.63) is 85.4 Å².